The molecule has 1 aromatic rings. The van der Waals surface area contributed by atoms with Crippen LogP contribution < -0.4 is 10.2 Å². The zero-order valence-electron chi connectivity index (χ0n) is 12.5. The van der Waals surface area contributed by atoms with Gasteiger partial charge < -0.3 is 19.9 Å². The number of carbonyl (C=O) groups is 2. The van der Waals surface area contributed by atoms with Crippen molar-refractivity contribution in [2.45, 2.75) is 6.42 Å². The Morgan fingerprint density at radius 2 is 2.24 bits per heavy atom. The van der Waals surface area contributed by atoms with Crippen molar-refractivity contribution in [3.05, 3.63) is 29.8 Å². The monoisotopic (exact) mass is 291 g/mol. The first-order valence-corrected chi connectivity index (χ1v) is 7.05. The molecule has 0 saturated carbocycles. The number of hydrogen-bond donors (Lipinski definition) is 1. The second kappa shape index (κ2) is 6.97. The molecule has 0 spiro atoms. The van der Waals surface area contributed by atoms with Crippen LogP contribution in [-0.2, 0) is 4.74 Å². The minimum atomic E-state index is -0.264. The van der Waals surface area contributed by atoms with Crippen molar-refractivity contribution in [1.82, 2.24) is 10.2 Å². The van der Waals surface area contributed by atoms with Crippen molar-refractivity contribution in [1.29, 1.82) is 0 Å². The van der Waals surface area contributed by atoms with Gasteiger partial charge in [-0.25, -0.2) is 4.79 Å². The summed E-state index contributed by atoms with van der Waals surface area (Å²) in [6.07, 6.45) is 0.453. The van der Waals surface area contributed by atoms with Crippen molar-refractivity contribution in [3.63, 3.8) is 0 Å². The van der Waals surface area contributed by atoms with Crippen LogP contribution in [0.4, 0.5) is 10.5 Å². The van der Waals surface area contributed by atoms with E-state index in [0.29, 0.717) is 38.2 Å². The summed E-state index contributed by atoms with van der Waals surface area (Å²) in [6.45, 7) is 2.24. The molecular formula is C15H21N3O3. The zero-order valence-corrected chi connectivity index (χ0v) is 12.5. The van der Waals surface area contributed by atoms with Gasteiger partial charge in [0.25, 0.3) is 5.91 Å². The molecular weight excluding hydrogens is 270 g/mol. The number of anilines is 1. The van der Waals surface area contributed by atoms with Crippen molar-refractivity contribution >= 4 is 17.7 Å². The van der Waals surface area contributed by atoms with Crippen LogP contribution in [0, 0.1) is 0 Å². The highest BCUT2D eigenvalue weighted by Crippen LogP contribution is 2.13. The summed E-state index contributed by atoms with van der Waals surface area (Å²) in [5, 5.41) is 2.87. The molecule has 6 heteroatoms. The van der Waals surface area contributed by atoms with Gasteiger partial charge in [-0.3, -0.25) is 4.79 Å². The summed E-state index contributed by atoms with van der Waals surface area (Å²) in [5.41, 5.74) is 1.63. The van der Waals surface area contributed by atoms with Gasteiger partial charge in [0.05, 0.1) is 6.54 Å². The van der Waals surface area contributed by atoms with Crippen molar-refractivity contribution in [2.24, 2.45) is 0 Å². The van der Waals surface area contributed by atoms with Crippen LogP contribution in [0.25, 0.3) is 0 Å². The Morgan fingerprint density at radius 1 is 1.43 bits per heavy atom. The van der Waals surface area contributed by atoms with Gasteiger partial charge in [-0.1, -0.05) is 6.07 Å². The predicted molar refractivity (Wildman–Crippen MR) is 80.6 cm³/mol. The molecule has 0 aromatic heterocycles. The van der Waals surface area contributed by atoms with Gasteiger partial charge in [-0.15, -0.1) is 0 Å². The molecule has 114 valence electrons. The third-order valence-electron chi connectivity index (χ3n) is 3.36. The Hall–Kier alpha value is -2.24. The van der Waals surface area contributed by atoms with E-state index in [1.165, 1.54) is 0 Å². The molecule has 0 atom stereocenters. The maximum Gasteiger partial charge on any atom is 0.409 e. The Bertz CT molecular complexity index is 517. The molecule has 0 radical (unpaired) electrons. The van der Waals surface area contributed by atoms with E-state index < -0.39 is 0 Å². The Kier molecular flexibility index (Phi) is 5.03. The number of rotatable bonds is 6. The van der Waals surface area contributed by atoms with Crippen LogP contribution in [0.2, 0.25) is 0 Å². The molecule has 1 saturated heterocycles. The maximum atomic E-state index is 12.0. The standard InChI is InChI=1S/C15H21N3O3/c1-17(2)13-6-3-5-12(11-13)14(19)16-7-4-8-18-9-10-21-15(18)20/h3,5-6,11H,4,7-10H2,1-2H3,(H,16,19). The van der Waals surface area contributed by atoms with E-state index in [0.717, 1.165) is 5.69 Å². The Labute approximate surface area is 124 Å². The molecule has 0 unspecified atom stereocenters. The minimum Gasteiger partial charge on any atom is -0.448 e. The number of amides is 2. The zero-order chi connectivity index (χ0) is 15.2. The number of ether oxygens (including phenoxy) is 1. The maximum absolute atomic E-state index is 12.0. The van der Waals surface area contributed by atoms with E-state index in [-0.39, 0.29) is 12.0 Å². The topological polar surface area (TPSA) is 61.9 Å². The fourth-order valence-electron chi connectivity index (χ4n) is 2.13. The average Bonchev–Trinajstić information content (AvgIpc) is 2.89. The number of carbonyl (C=O) groups excluding carboxylic acids is 2. The first-order chi connectivity index (χ1) is 10.1. The van der Waals surface area contributed by atoms with Crippen LogP contribution in [-0.4, -0.2) is 57.2 Å². The normalized spacial score (nSPS) is 14.0. The van der Waals surface area contributed by atoms with Crippen LogP contribution in [0.1, 0.15) is 16.8 Å². The lowest BCUT2D eigenvalue weighted by Gasteiger charge is -2.14. The lowest BCUT2D eigenvalue weighted by Crippen LogP contribution is -2.30. The predicted octanol–water partition coefficient (Wildman–Crippen LogP) is 1.32. The van der Waals surface area contributed by atoms with Crippen LogP contribution in [0.5, 0.6) is 0 Å². The van der Waals surface area contributed by atoms with Crippen LogP contribution in [0.3, 0.4) is 0 Å². The van der Waals surface area contributed by atoms with Crippen molar-refractivity contribution in [3.8, 4) is 0 Å². The molecule has 1 fully saturated rings. The third-order valence-corrected chi connectivity index (χ3v) is 3.36. The number of nitrogens with zero attached hydrogens (tertiary/aromatic N) is 2. The van der Waals surface area contributed by atoms with E-state index >= 15 is 0 Å². The first-order valence-electron chi connectivity index (χ1n) is 7.05. The van der Waals surface area contributed by atoms with Gasteiger partial charge in [0.15, 0.2) is 0 Å². The van der Waals surface area contributed by atoms with E-state index in [1.54, 1.807) is 11.0 Å². The fraction of sp³-hybridized carbons (Fsp3) is 0.467. The van der Waals surface area contributed by atoms with Gasteiger partial charge in [-0.05, 0) is 24.6 Å². The number of hydrogen-bond acceptors (Lipinski definition) is 4. The van der Waals surface area contributed by atoms with Crippen LogP contribution >= 0.6 is 0 Å². The van der Waals surface area contributed by atoms with Crippen molar-refractivity contribution < 1.29 is 14.3 Å². The summed E-state index contributed by atoms with van der Waals surface area (Å²) in [6, 6.07) is 7.47. The summed E-state index contributed by atoms with van der Waals surface area (Å²) in [5.74, 6) is -0.0947. The lowest BCUT2D eigenvalue weighted by molar-refractivity contribution is 0.0952. The Morgan fingerprint density at radius 3 is 2.90 bits per heavy atom. The highest BCUT2D eigenvalue weighted by molar-refractivity contribution is 5.95. The second-order valence-corrected chi connectivity index (χ2v) is 5.16. The molecule has 0 bridgehead atoms. The molecule has 1 aliphatic heterocycles. The van der Waals surface area contributed by atoms with E-state index in [1.807, 2.05) is 37.2 Å². The summed E-state index contributed by atoms with van der Waals surface area (Å²) in [7, 11) is 3.87. The lowest BCUT2D eigenvalue weighted by atomic mass is 10.2. The van der Waals surface area contributed by atoms with Gasteiger partial charge >= 0.3 is 6.09 Å². The molecule has 2 rings (SSSR count). The van der Waals surface area contributed by atoms with E-state index in [9.17, 15) is 9.59 Å². The van der Waals surface area contributed by atoms with Crippen LogP contribution in [0.15, 0.2) is 24.3 Å². The molecule has 21 heavy (non-hydrogen) atoms. The quantitative estimate of drug-likeness (QED) is 0.803. The third kappa shape index (κ3) is 4.11. The molecule has 1 heterocycles. The minimum absolute atomic E-state index is 0.0947. The Balaban J connectivity index is 1.76. The van der Waals surface area contributed by atoms with Gasteiger partial charge in [-0.2, -0.15) is 0 Å². The molecule has 1 aromatic carbocycles. The number of cyclic esters (lactones) is 1. The van der Waals surface area contributed by atoms with E-state index in [4.69, 9.17) is 4.74 Å². The van der Waals surface area contributed by atoms with Gasteiger partial charge in [0.2, 0.25) is 0 Å². The SMILES string of the molecule is CN(C)c1cccc(C(=O)NCCCN2CCOC2=O)c1. The smallest absolute Gasteiger partial charge is 0.409 e. The van der Waals surface area contributed by atoms with Gasteiger partial charge in [0, 0.05) is 38.4 Å². The molecule has 1 aliphatic rings. The molecule has 6 nitrogen and oxygen atoms in total. The summed E-state index contributed by atoms with van der Waals surface area (Å²) < 4.78 is 4.84. The van der Waals surface area contributed by atoms with Gasteiger partial charge in [0.1, 0.15) is 6.61 Å². The second-order valence-electron chi connectivity index (χ2n) is 5.16. The molecule has 0 aliphatic carbocycles. The molecule has 2 amide bonds. The summed E-state index contributed by atoms with van der Waals surface area (Å²) in [4.78, 5) is 26.9. The fourth-order valence-corrected chi connectivity index (χ4v) is 2.13. The largest absolute Gasteiger partial charge is 0.448 e. The highest BCUT2D eigenvalue weighted by Gasteiger charge is 2.20. The summed E-state index contributed by atoms with van der Waals surface area (Å²) >= 11 is 0. The molecule has 1 N–H and O–H groups in total. The average molecular weight is 291 g/mol. The number of benzene rings is 1. The first kappa shape index (κ1) is 15.2. The highest BCUT2D eigenvalue weighted by atomic mass is 16.6. The number of nitrogens with one attached hydrogen (secondary N) is 1. The van der Waals surface area contributed by atoms with Crippen molar-refractivity contribution in [2.75, 3.05) is 45.2 Å². The van der Waals surface area contributed by atoms with E-state index in [2.05, 4.69) is 5.32 Å².